The summed E-state index contributed by atoms with van der Waals surface area (Å²) in [5.74, 6) is 0. The Morgan fingerprint density at radius 2 is 0.714 bits per heavy atom. The minimum atomic E-state index is -0.0597. The molecule has 0 fully saturated rings. The van der Waals surface area contributed by atoms with Crippen LogP contribution in [-0.4, -0.2) is 0 Å². The highest BCUT2D eigenvalue weighted by Crippen LogP contribution is 2.31. The maximum atomic E-state index is 13.7. The monoisotopic (exact) mass is 542 g/mol. The molecule has 0 radical (unpaired) electrons. The molecule has 0 amide bonds. The number of benzene rings is 6. The van der Waals surface area contributed by atoms with Gasteiger partial charge in [0.05, 0.1) is 21.5 Å². The maximum absolute atomic E-state index is 13.7. The summed E-state index contributed by atoms with van der Waals surface area (Å²) in [6.45, 7) is 0. The van der Waals surface area contributed by atoms with E-state index >= 15 is 0 Å². The van der Waals surface area contributed by atoms with E-state index in [-0.39, 0.29) is 10.9 Å². The second-order valence-corrected chi connectivity index (χ2v) is 10.4. The van der Waals surface area contributed by atoms with Gasteiger partial charge in [-0.3, -0.25) is 9.59 Å². The first-order chi connectivity index (χ1) is 20.6. The Labute approximate surface area is 239 Å². The summed E-state index contributed by atoms with van der Waals surface area (Å²) in [4.78, 5) is 26.9. The molecule has 8 aromatic rings. The third-order valence-electron chi connectivity index (χ3n) is 7.88. The molecular formula is C38H22O4. The standard InChI is InChI=1S/C38H22O4/c39-37-29-11-4-5-12-33(29)41-34-17-14-27(21-30(34)37)24-9-6-10-25(19-24)28-15-18-36-32(22-28)38(40)31-20-26(13-16-35(31)42-36)23-7-2-1-3-8-23/h1-22H. The Morgan fingerprint density at radius 3 is 1.29 bits per heavy atom. The zero-order chi connectivity index (χ0) is 28.2. The van der Waals surface area contributed by atoms with Gasteiger partial charge in [0.1, 0.15) is 22.3 Å². The Balaban J connectivity index is 1.23. The Hall–Kier alpha value is -5.74. The lowest BCUT2D eigenvalue weighted by atomic mass is 9.97. The van der Waals surface area contributed by atoms with E-state index in [1.165, 1.54) is 0 Å². The predicted octanol–water partition coefficient (Wildman–Crippen LogP) is 9.21. The van der Waals surface area contributed by atoms with Crippen molar-refractivity contribution < 1.29 is 8.83 Å². The molecule has 0 N–H and O–H groups in total. The van der Waals surface area contributed by atoms with Crippen LogP contribution >= 0.6 is 0 Å². The van der Waals surface area contributed by atoms with Gasteiger partial charge in [0, 0.05) is 0 Å². The van der Waals surface area contributed by atoms with Crippen molar-refractivity contribution in [3.63, 3.8) is 0 Å². The first-order valence-electron chi connectivity index (χ1n) is 13.7. The molecule has 2 aromatic heterocycles. The summed E-state index contributed by atoms with van der Waals surface area (Å²) < 4.78 is 12.1. The number of rotatable bonds is 3. The minimum absolute atomic E-state index is 0.0474. The van der Waals surface area contributed by atoms with Crippen LogP contribution in [0.4, 0.5) is 0 Å². The Morgan fingerprint density at radius 1 is 0.310 bits per heavy atom. The second-order valence-electron chi connectivity index (χ2n) is 10.4. The predicted molar refractivity (Wildman–Crippen MR) is 170 cm³/mol. The molecule has 8 rings (SSSR count). The van der Waals surface area contributed by atoms with Crippen LogP contribution in [0.1, 0.15) is 0 Å². The quantitative estimate of drug-likeness (QED) is 0.209. The zero-order valence-electron chi connectivity index (χ0n) is 22.3. The van der Waals surface area contributed by atoms with Crippen LogP contribution in [0.5, 0.6) is 0 Å². The fourth-order valence-corrected chi connectivity index (χ4v) is 5.71. The van der Waals surface area contributed by atoms with Gasteiger partial charge >= 0.3 is 0 Å². The SMILES string of the molecule is O=c1c2ccccc2oc2ccc(-c3cccc(-c4ccc5oc6ccc(-c7ccccc7)cc6c(=O)c5c4)c3)cc12. The topological polar surface area (TPSA) is 60.4 Å². The van der Waals surface area contributed by atoms with Gasteiger partial charge in [-0.15, -0.1) is 0 Å². The molecule has 0 saturated carbocycles. The molecule has 4 heteroatoms. The van der Waals surface area contributed by atoms with Gasteiger partial charge in [0.15, 0.2) is 0 Å². The molecule has 198 valence electrons. The molecule has 0 bridgehead atoms. The van der Waals surface area contributed by atoms with Gasteiger partial charge in [0.2, 0.25) is 10.9 Å². The molecule has 42 heavy (non-hydrogen) atoms. The summed E-state index contributed by atoms with van der Waals surface area (Å²) in [6.07, 6.45) is 0. The largest absolute Gasteiger partial charge is 0.456 e. The molecule has 2 heterocycles. The molecule has 4 nitrogen and oxygen atoms in total. The van der Waals surface area contributed by atoms with E-state index in [0.29, 0.717) is 43.9 Å². The van der Waals surface area contributed by atoms with Gasteiger partial charge in [-0.05, 0) is 88.0 Å². The van der Waals surface area contributed by atoms with Crippen molar-refractivity contribution in [2.75, 3.05) is 0 Å². The van der Waals surface area contributed by atoms with Gasteiger partial charge < -0.3 is 8.83 Å². The van der Waals surface area contributed by atoms with Crippen molar-refractivity contribution in [2.24, 2.45) is 0 Å². The Kier molecular flexibility index (Phi) is 5.41. The molecular weight excluding hydrogens is 520 g/mol. The lowest BCUT2D eigenvalue weighted by Gasteiger charge is -2.09. The number of para-hydroxylation sites is 1. The van der Waals surface area contributed by atoms with E-state index < -0.39 is 0 Å². The smallest absolute Gasteiger partial charge is 0.200 e. The number of hydrogen-bond acceptors (Lipinski definition) is 4. The van der Waals surface area contributed by atoms with Gasteiger partial charge in [0.25, 0.3) is 0 Å². The van der Waals surface area contributed by atoms with Crippen molar-refractivity contribution in [1.29, 1.82) is 0 Å². The zero-order valence-corrected chi connectivity index (χ0v) is 22.3. The maximum Gasteiger partial charge on any atom is 0.200 e. The van der Waals surface area contributed by atoms with Crippen LogP contribution in [0.15, 0.2) is 152 Å². The third kappa shape index (κ3) is 3.93. The minimum Gasteiger partial charge on any atom is -0.456 e. The summed E-state index contributed by atoms with van der Waals surface area (Å²) in [6, 6.07) is 42.5. The third-order valence-corrected chi connectivity index (χ3v) is 7.88. The van der Waals surface area contributed by atoms with Crippen LogP contribution in [0.2, 0.25) is 0 Å². The van der Waals surface area contributed by atoms with E-state index in [0.717, 1.165) is 33.4 Å². The highest BCUT2D eigenvalue weighted by Gasteiger charge is 2.13. The number of hydrogen-bond donors (Lipinski definition) is 0. The lowest BCUT2D eigenvalue weighted by molar-refractivity contribution is 0.659. The molecule has 0 aliphatic carbocycles. The summed E-state index contributed by atoms with van der Waals surface area (Å²) in [7, 11) is 0. The van der Waals surface area contributed by atoms with Gasteiger partial charge in [-0.1, -0.05) is 78.9 Å². The van der Waals surface area contributed by atoms with Crippen molar-refractivity contribution in [2.45, 2.75) is 0 Å². The number of fused-ring (bicyclic) bond motifs is 4. The van der Waals surface area contributed by atoms with E-state index in [1.807, 2.05) is 121 Å². The van der Waals surface area contributed by atoms with E-state index in [2.05, 4.69) is 6.07 Å². The van der Waals surface area contributed by atoms with Crippen LogP contribution in [0.3, 0.4) is 0 Å². The van der Waals surface area contributed by atoms with E-state index in [1.54, 1.807) is 6.07 Å². The van der Waals surface area contributed by atoms with Crippen molar-refractivity contribution in [3.8, 4) is 33.4 Å². The molecule has 0 aliphatic heterocycles. The van der Waals surface area contributed by atoms with Crippen molar-refractivity contribution in [3.05, 3.63) is 154 Å². The van der Waals surface area contributed by atoms with Crippen molar-refractivity contribution in [1.82, 2.24) is 0 Å². The fraction of sp³-hybridized carbons (Fsp3) is 0. The van der Waals surface area contributed by atoms with Crippen molar-refractivity contribution >= 4 is 43.9 Å². The normalized spacial score (nSPS) is 11.5. The summed E-state index contributed by atoms with van der Waals surface area (Å²) in [5.41, 5.74) is 7.89. The molecule has 0 unspecified atom stereocenters. The van der Waals surface area contributed by atoms with Crippen LogP contribution < -0.4 is 10.9 Å². The van der Waals surface area contributed by atoms with E-state index in [4.69, 9.17) is 8.83 Å². The molecule has 6 aromatic carbocycles. The molecule has 0 atom stereocenters. The average molecular weight is 543 g/mol. The molecule has 0 spiro atoms. The highest BCUT2D eigenvalue weighted by atomic mass is 16.3. The Bertz CT molecular complexity index is 2450. The molecule has 0 aliphatic rings. The lowest BCUT2D eigenvalue weighted by Crippen LogP contribution is -2.02. The van der Waals surface area contributed by atoms with Crippen LogP contribution in [0, 0.1) is 0 Å². The van der Waals surface area contributed by atoms with Crippen LogP contribution in [-0.2, 0) is 0 Å². The highest BCUT2D eigenvalue weighted by molar-refractivity contribution is 5.95. The second kappa shape index (κ2) is 9.43. The van der Waals surface area contributed by atoms with Crippen LogP contribution in [0.25, 0.3) is 77.3 Å². The molecule has 0 saturated heterocycles. The average Bonchev–Trinajstić information content (AvgIpc) is 3.05. The van der Waals surface area contributed by atoms with Gasteiger partial charge in [-0.2, -0.15) is 0 Å². The van der Waals surface area contributed by atoms with Gasteiger partial charge in [-0.25, -0.2) is 0 Å². The summed E-state index contributed by atoms with van der Waals surface area (Å²) in [5, 5.41) is 2.19. The summed E-state index contributed by atoms with van der Waals surface area (Å²) >= 11 is 0. The fourth-order valence-electron chi connectivity index (χ4n) is 5.71. The first kappa shape index (κ1) is 24.1. The van der Waals surface area contributed by atoms with E-state index in [9.17, 15) is 9.59 Å². The first-order valence-corrected chi connectivity index (χ1v) is 13.7.